The van der Waals surface area contributed by atoms with E-state index < -0.39 is 9.84 Å². The summed E-state index contributed by atoms with van der Waals surface area (Å²) in [6.45, 7) is 8.43. The van der Waals surface area contributed by atoms with Gasteiger partial charge < -0.3 is 9.13 Å². The van der Waals surface area contributed by atoms with Gasteiger partial charge in [-0.3, -0.25) is 0 Å². The molecule has 0 bridgehead atoms. The number of nitrogens with zero attached hydrogens (tertiary/aromatic N) is 2. The van der Waals surface area contributed by atoms with Crippen molar-refractivity contribution >= 4 is 53.4 Å². The second-order valence-corrected chi connectivity index (χ2v) is 14.2. The fraction of sp³-hybridized carbons (Fsp3) is 0.100. The van der Waals surface area contributed by atoms with Crippen LogP contribution in [0.2, 0.25) is 0 Å². The first-order valence-corrected chi connectivity index (χ1v) is 16.7. The zero-order chi connectivity index (χ0) is 31.0. The van der Waals surface area contributed by atoms with E-state index in [0.29, 0.717) is 0 Å². The molecule has 2 heterocycles. The maximum absolute atomic E-state index is 13.8. The Morgan fingerprint density at radius 2 is 0.644 bits per heavy atom. The molecule has 0 saturated heterocycles. The van der Waals surface area contributed by atoms with Crippen LogP contribution < -0.4 is 0 Å². The van der Waals surface area contributed by atoms with Crippen LogP contribution in [-0.2, 0) is 9.84 Å². The van der Waals surface area contributed by atoms with Crippen molar-refractivity contribution in [2.75, 3.05) is 0 Å². The first kappa shape index (κ1) is 27.4. The number of benzene rings is 6. The molecule has 0 spiro atoms. The van der Waals surface area contributed by atoms with E-state index in [9.17, 15) is 8.42 Å². The van der Waals surface area contributed by atoms with Gasteiger partial charge in [-0.15, -0.1) is 0 Å². The van der Waals surface area contributed by atoms with Crippen LogP contribution in [0.3, 0.4) is 0 Å². The average molecular weight is 605 g/mol. The molecular weight excluding hydrogens is 573 g/mol. The molecule has 2 aromatic heterocycles. The Balaban J connectivity index is 1.18. The monoisotopic (exact) mass is 604 g/mol. The minimum absolute atomic E-state index is 0.272. The lowest BCUT2D eigenvalue weighted by molar-refractivity contribution is 0.596. The third kappa shape index (κ3) is 4.30. The van der Waals surface area contributed by atoms with Crippen molar-refractivity contribution in [1.29, 1.82) is 0 Å². The summed E-state index contributed by atoms with van der Waals surface area (Å²) in [5.74, 6) is 0. The van der Waals surface area contributed by atoms with Crippen LogP contribution in [0.5, 0.6) is 0 Å². The highest BCUT2D eigenvalue weighted by atomic mass is 32.2. The Morgan fingerprint density at radius 3 is 0.911 bits per heavy atom. The molecule has 0 atom stereocenters. The van der Waals surface area contributed by atoms with Crippen LogP contribution in [0, 0.1) is 27.7 Å². The van der Waals surface area contributed by atoms with Crippen molar-refractivity contribution in [1.82, 2.24) is 9.13 Å². The van der Waals surface area contributed by atoms with Gasteiger partial charge in [0.1, 0.15) is 0 Å². The van der Waals surface area contributed by atoms with E-state index in [1.807, 2.05) is 24.3 Å². The number of fused-ring (bicyclic) bond motifs is 6. The van der Waals surface area contributed by atoms with E-state index in [4.69, 9.17) is 0 Å². The number of aryl methyl sites for hydroxylation is 4. The smallest absolute Gasteiger partial charge is 0.206 e. The van der Waals surface area contributed by atoms with E-state index >= 15 is 0 Å². The average Bonchev–Trinajstić information content (AvgIpc) is 3.52. The molecule has 0 aliphatic heterocycles. The number of rotatable bonds is 4. The normalized spacial score (nSPS) is 12.2. The fourth-order valence-corrected chi connectivity index (χ4v) is 8.00. The number of aromatic nitrogens is 2. The lowest BCUT2D eigenvalue weighted by atomic mass is 10.1. The Morgan fingerprint density at radius 1 is 0.378 bits per heavy atom. The maximum Gasteiger partial charge on any atom is 0.206 e. The molecule has 8 aromatic rings. The highest BCUT2D eigenvalue weighted by Gasteiger charge is 2.20. The van der Waals surface area contributed by atoms with Gasteiger partial charge in [-0.1, -0.05) is 46.5 Å². The molecule has 0 N–H and O–H groups in total. The summed E-state index contributed by atoms with van der Waals surface area (Å²) >= 11 is 0. The van der Waals surface area contributed by atoms with Gasteiger partial charge in [0.05, 0.1) is 31.9 Å². The summed E-state index contributed by atoms with van der Waals surface area (Å²) in [5.41, 5.74) is 11.1. The largest absolute Gasteiger partial charge is 0.309 e. The number of sulfone groups is 1. The van der Waals surface area contributed by atoms with Crippen LogP contribution in [0.25, 0.3) is 55.0 Å². The molecule has 220 valence electrons. The van der Waals surface area contributed by atoms with Crippen molar-refractivity contribution in [3.8, 4) is 11.4 Å². The predicted molar refractivity (Wildman–Crippen MR) is 186 cm³/mol. The van der Waals surface area contributed by atoms with Crippen molar-refractivity contribution < 1.29 is 8.42 Å². The summed E-state index contributed by atoms with van der Waals surface area (Å²) in [6.07, 6.45) is 0. The van der Waals surface area contributed by atoms with Crippen molar-refractivity contribution in [2.24, 2.45) is 0 Å². The molecule has 0 fully saturated rings. The highest BCUT2D eigenvalue weighted by Crippen LogP contribution is 2.36. The molecule has 0 amide bonds. The molecule has 0 radical (unpaired) electrons. The van der Waals surface area contributed by atoms with E-state index in [0.717, 1.165) is 33.4 Å². The SMILES string of the molecule is Cc1ccc2c(c1)c1cc(C)ccc1n2-c1ccc(S(=O)(=O)c2ccc(-n3c4ccc(C)cc4c4cc(C)ccc43)cc2)cc1. The van der Waals surface area contributed by atoms with Gasteiger partial charge in [0, 0.05) is 32.9 Å². The van der Waals surface area contributed by atoms with Gasteiger partial charge in [-0.2, -0.15) is 0 Å². The number of hydrogen-bond donors (Lipinski definition) is 0. The summed E-state index contributed by atoms with van der Waals surface area (Å²) in [4.78, 5) is 0.545. The standard InChI is InChI=1S/C40H32N2O2S/c1-25-5-17-37-33(21-25)34-22-26(2)6-18-38(34)41(37)29-9-13-31(14-10-29)45(43,44)32-15-11-30(12-16-32)42-39-19-7-27(3)23-35(39)36-24-28(4)8-20-40(36)42/h5-24H,1-4H3. The lowest BCUT2D eigenvalue weighted by Crippen LogP contribution is -2.03. The molecule has 4 nitrogen and oxygen atoms in total. The molecule has 5 heteroatoms. The molecule has 0 saturated carbocycles. The molecule has 0 aliphatic carbocycles. The van der Waals surface area contributed by atoms with Crippen LogP contribution in [0.4, 0.5) is 0 Å². The maximum atomic E-state index is 13.8. The molecule has 0 aliphatic rings. The fourth-order valence-electron chi connectivity index (χ4n) is 6.74. The number of hydrogen-bond acceptors (Lipinski definition) is 2. The molecule has 45 heavy (non-hydrogen) atoms. The predicted octanol–water partition coefficient (Wildman–Crippen LogP) is 9.95. The summed E-state index contributed by atoms with van der Waals surface area (Å²) in [6, 6.07) is 40.4. The van der Waals surface area contributed by atoms with Crippen LogP contribution in [-0.4, -0.2) is 17.6 Å². The first-order valence-electron chi connectivity index (χ1n) is 15.2. The van der Waals surface area contributed by atoms with Crippen LogP contribution >= 0.6 is 0 Å². The molecule has 6 aromatic carbocycles. The summed E-state index contributed by atoms with van der Waals surface area (Å²) in [5, 5.41) is 4.77. The molecule has 8 rings (SSSR count). The van der Waals surface area contributed by atoms with Gasteiger partial charge in [-0.25, -0.2) is 8.42 Å². The Hall–Kier alpha value is -5.13. The van der Waals surface area contributed by atoms with Gasteiger partial charge >= 0.3 is 0 Å². The van der Waals surface area contributed by atoms with Gasteiger partial charge in [0.2, 0.25) is 9.84 Å². The van der Waals surface area contributed by atoms with Crippen molar-refractivity contribution in [3.05, 3.63) is 144 Å². The highest BCUT2D eigenvalue weighted by molar-refractivity contribution is 7.91. The topological polar surface area (TPSA) is 44.0 Å². The zero-order valence-corrected chi connectivity index (χ0v) is 26.5. The summed E-state index contributed by atoms with van der Waals surface area (Å²) < 4.78 is 32.1. The minimum atomic E-state index is -3.72. The first-order chi connectivity index (χ1) is 21.7. The third-order valence-corrected chi connectivity index (χ3v) is 10.7. The second kappa shape index (κ2) is 9.94. The van der Waals surface area contributed by atoms with Gasteiger partial charge in [-0.05, 0) is 125 Å². The molecular formula is C40H32N2O2S. The Labute approximate surface area is 262 Å². The van der Waals surface area contributed by atoms with Crippen molar-refractivity contribution in [2.45, 2.75) is 37.5 Å². The van der Waals surface area contributed by atoms with Crippen LogP contribution in [0.15, 0.2) is 131 Å². The molecule has 0 unspecified atom stereocenters. The third-order valence-electron chi connectivity index (χ3n) is 8.96. The quantitative estimate of drug-likeness (QED) is 0.201. The van der Waals surface area contributed by atoms with E-state index in [2.05, 4.69) is 110 Å². The van der Waals surface area contributed by atoms with Gasteiger partial charge in [0.15, 0.2) is 0 Å². The zero-order valence-electron chi connectivity index (χ0n) is 25.7. The van der Waals surface area contributed by atoms with Crippen LogP contribution in [0.1, 0.15) is 22.3 Å². The van der Waals surface area contributed by atoms with E-state index in [1.54, 1.807) is 24.3 Å². The lowest BCUT2D eigenvalue weighted by Gasteiger charge is -2.11. The van der Waals surface area contributed by atoms with E-state index in [1.165, 1.54) is 43.8 Å². The Bertz CT molecular complexity index is 2280. The van der Waals surface area contributed by atoms with Gasteiger partial charge in [0.25, 0.3) is 0 Å². The Kier molecular flexibility index (Phi) is 6.06. The second-order valence-electron chi connectivity index (χ2n) is 12.2. The van der Waals surface area contributed by atoms with E-state index in [-0.39, 0.29) is 9.79 Å². The summed E-state index contributed by atoms with van der Waals surface area (Å²) in [7, 11) is -3.72. The minimum Gasteiger partial charge on any atom is -0.309 e. The van der Waals surface area contributed by atoms with Crippen molar-refractivity contribution in [3.63, 3.8) is 0 Å².